The number of amides is 1. The van der Waals surface area contributed by atoms with Crippen molar-refractivity contribution >= 4 is 39.1 Å². The second-order valence-corrected chi connectivity index (χ2v) is 8.41. The number of imidazole rings is 1. The summed E-state index contributed by atoms with van der Waals surface area (Å²) in [6.07, 6.45) is 3.71. The molecule has 33 heavy (non-hydrogen) atoms. The summed E-state index contributed by atoms with van der Waals surface area (Å²) >= 11 is 0. The molecule has 4 aromatic heterocycles. The zero-order valence-electron chi connectivity index (χ0n) is 17.9. The van der Waals surface area contributed by atoms with Gasteiger partial charge in [0.1, 0.15) is 5.52 Å². The van der Waals surface area contributed by atoms with E-state index in [1.165, 1.54) is 4.90 Å². The fourth-order valence-corrected chi connectivity index (χ4v) is 4.88. The zero-order chi connectivity index (χ0) is 22.7. The van der Waals surface area contributed by atoms with Crippen LogP contribution in [0.25, 0.3) is 44.2 Å². The largest absolute Gasteiger partial charge is 0.465 e. The summed E-state index contributed by atoms with van der Waals surface area (Å²) in [7, 11) is 1.73. The van der Waals surface area contributed by atoms with Crippen LogP contribution in [0.3, 0.4) is 0 Å². The molecule has 0 saturated carbocycles. The topological polar surface area (TPSA) is 122 Å². The second kappa shape index (κ2) is 7.16. The van der Waals surface area contributed by atoms with Gasteiger partial charge in [0.15, 0.2) is 0 Å². The molecule has 6 rings (SSSR count). The van der Waals surface area contributed by atoms with Crippen LogP contribution in [0.1, 0.15) is 18.9 Å². The molecular formula is C23H21N7O3. The molecule has 0 radical (unpaired) electrons. The van der Waals surface area contributed by atoms with E-state index in [2.05, 4.69) is 15.2 Å². The Balaban J connectivity index is 1.57. The molecule has 10 nitrogen and oxygen atoms in total. The van der Waals surface area contributed by atoms with Gasteiger partial charge in [0.2, 0.25) is 0 Å². The minimum absolute atomic E-state index is 0.106. The molecule has 0 aliphatic carbocycles. The number of carboxylic acid groups (broad SMARTS) is 1. The summed E-state index contributed by atoms with van der Waals surface area (Å²) in [5.41, 5.74) is 5.30. The lowest BCUT2D eigenvalue weighted by Gasteiger charge is -2.30. The van der Waals surface area contributed by atoms with Crippen molar-refractivity contribution in [2.45, 2.75) is 18.9 Å². The monoisotopic (exact) mass is 443 g/mol. The van der Waals surface area contributed by atoms with Crippen molar-refractivity contribution in [1.29, 1.82) is 0 Å². The van der Waals surface area contributed by atoms with Crippen LogP contribution in [-0.2, 0) is 7.05 Å². The van der Waals surface area contributed by atoms with Crippen LogP contribution in [0.4, 0.5) is 4.79 Å². The van der Waals surface area contributed by atoms with Gasteiger partial charge < -0.3 is 10.0 Å². The molecule has 0 bridgehead atoms. The number of fused-ring (bicyclic) bond motifs is 4. The van der Waals surface area contributed by atoms with E-state index < -0.39 is 6.09 Å². The standard InChI is InChI=1S/C23H21N7O3/c1-28-19-12-24-18-6-5-16(14-3-2-4-17-15(14)11-25-27-17)26-20(18)21(19)30(22(28)31)13-7-9-29(10-8-13)23(32)33/h2-6,11-13H,7-10H2,1H3,(H,25,27)(H,32,33). The molecule has 1 amide bonds. The first-order chi connectivity index (χ1) is 16.0. The van der Waals surface area contributed by atoms with Gasteiger partial charge in [-0.2, -0.15) is 5.10 Å². The fourth-order valence-electron chi connectivity index (χ4n) is 4.88. The highest BCUT2D eigenvalue weighted by Gasteiger charge is 2.28. The summed E-state index contributed by atoms with van der Waals surface area (Å²) in [4.78, 5) is 35.5. The predicted molar refractivity (Wildman–Crippen MR) is 123 cm³/mol. The Labute approximate surface area is 187 Å². The van der Waals surface area contributed by atoms with Crippen LogP contribution >= 0.6 is 0 Å². The molecule has 10 heteroatoms. The van der Waals surface area contributed by atoms with Crippen molar-refractivity contribution in [3.63, 3.8) is 0 Å². The predicted octanol–water partition coefficient (Wildman–Crippen LogP) is 3.14. The van der Waals surface area contributed by atoms with E-state index in [9.17, 15) is 14.7 Å². The highest BCUT2D eigenvalue weighted by molar-refractivity contribution is 6.02. The zero-order valence-corrected chi connectivity index (χ0v) is 17.9. The summed E-state index contributed by atoms with van der Waals surface area (Å²) in [5, 5.41) is 17.4. The number of pyridine rings is 2. The normalized spacial score (nSPS) is 15.1. The molecule has 1 aliphatic heterocycles. The van der Waals surface area contributed by atoms with Gasteiger partial charge in [-0.1, -0.05) is 12.1 Å². The molecule has 1 aromatic carbocycles. The van der Waals surface area contributed by atoms with Crippen LogP contribution in [0.5, 0.6) is 0 Å². The highest BCUT2D eigenvalue weighted by atomic mass is 16.4. The van der Waals surface area contributed by atoms with Crippen LogP contribution in [0, 0.1) is 0 Å². The maximum atomic E-state index is 13.3. The number of aryl methyl sites for hydroxylation is 1. The van der Waals surface area contributed by atoms with E-state index in [0.29, 0.717) is 42.5 Å². The number of hydrogen-bond donors (Lipinski definition) is 2. The first-order valence-corrected chi connectivity index (χ1v) is 10.8. The quantitative estimate of drug-likeness (QED) is 0.432. The van der Waals surface area contributed by atoms with Crippen LogP contribution in [0.15, 0.2) is 47.5 Å². The van der Waals surface area contributed by atoms with E-state index in [1.807, 2.05) is 30.3 Å². The van der Waals surface area contributed by atoms with E-state index in [-0.39, 0.29) is 11.7 Å². The van der Waals surface area contributed by atoms with Crippen LogP contribution in [-0.4, -0.2) is 58.5 Å². The summed E-state index contributed by atoms with van der Waals surface area (Å²) in [5.74, 6) is 0. The molecule has 1 aliphatic rings. The maximum absolute atomic E-state index is 13.3. The SMILES string of the molecule is Cn1c(=O)n(C2CCN(C(=O)O)CC2)c2c3nc(-c4cccc5[nH]ncc45)ccc3ncc21. The minimum Gasteiger partial charge on any atom is -0.465 e. The van der Waals surface area contributed by atoms with Crippen molar-refractivity contribution < 1.29 is 9.90 Å². The molecule has 2 N–H and O–H groups in total. The van der Waals surface area contributed by atoms with E-state index in [4.69, 9.17) is 4.98 Å². The average molecular weight is 443 g/mol. The Morgan fingerprint density at radius 2 is 1.97 bits per heavy atom. The number of piperidine rings is 1. The van der Waals surface area contributed by atoms with Crippen molar-refractivity contribution in [2.75, 3.05) is 13.1 Å². The lowest BCUT2D eigenvalue weighted by Crippen LogP contribution is -2.40. The number of benzene rings is 1. The molecule has 0 unspecified atom stereocenters. The number of rotatable bonds is 2. The van der Waals surface area contributed by atoms with Gasteiger partial charge in [-0.3, -0.25) is 19.2 Å². The molecular weight excluding hydrogens is 422 g/mol. The molecule has 5 aromatic rings. The minimum atomic E-state index is -0.923. The van der Waals surface area contributed by atoms with Gasteiger partial charge in [-0.15, -0.1) is 0 Å². The third-order valence-corrected chi connectivity index (χ3v) is 6.62. The summed E-state index contributed by atoms with van der Waals surface area (Å²) in [6.45, 7) is 0.792. The first-order valence-electron chi connectivity index (χ1n) is 10.8. The van der Waals surface area contributed by atoms with E-state index in [0.717, 1.165) is 27.7 Å². The number of carbonyl (C=O) groups is 1. The summed E-state index contributed by atoms with van der Waals surface area (Å²) < 4.78 is 3.38. The molecule has 0 spiro atoms. The Kier molecular flexibility index (Phi) is 4.22. The molecule has 166 valence electrons. The van der Waals surface area contributed by atoms with Gasteiger partial charge in [0.25, 0.3) is 0 Å². The number of H-pyrrole nitrogens is 1. The van der Waals surface area contributed by atoms with Crippen molar-refractivity contribution in [3.05, 3.63) is 53.2 Å². The van der Waals surface area contributed by atoms with Gasteiger partial charge in [-0.05, 0) is 31.0 Å². The number of aromatic nitrogens is 6. The van der Waals surface area contributed by atoms with Gasteiger partial charge >= 0.3 is 11.8 Å². The smallest absolute Gasteiger partial charge is 0.407 e. The maximum Gasteiger partial charge on any atom is 0.407 e. The van der Waals surface area contributed by atoms with E-state index >= 15 is 0 Å². The Morgan fingerprint density at radius 3 is 2.76 bits per heavy atom. The number of aromatic amines is 1. The Morgan fingerprint density at radius 1 is 1.15 bits per heavy atom. The van der Waals surface area contributed by atoms with Crippen LogP contribution < -0.4 is 5.69 Å². The van der Waals surface area contributed by atoms with Crippen molar-refractivity contribution in [2.24, 2.45) is 7.05 Å². The number of nitrogens with zero attached hydrogens (tertiary/aromatic N) is 6. The van der Waals surface area contributed by atoms with Crippen LogP contribution in [0.2, 0.25) is 0 Å². The fraction of sp³-hybridized carbons (Fsp3) is 0.261. The third kappa shape index (κ3) is 2.90. The lowest BCUT2D eigenvalue weighted by molar-refractivity contribution is 0.125. The Hall–Kier alpha value is -4.21. The summed E-state index contributed by atoms with van der Waals surface area (Å²) in [6, 6.07) is 9.66. The lowest BCUT2D eigenvalue weighted by atomic mass is 10.0. The second-order valence-electron chi connectivity index (χ2n) is 8.41. The number of hydrogen-bond acceptors (Lipinski definition) is 5. The van der Waals surface area contributed by atoms with Gasteiger partial charge in [0.05, 0.1) is 40.2 Å². The molecule has 0 atom stereocenters. The molecule has 5 heterocycles. The van der Waals surface area contributed by atoms with Gasteiger partial charge in [0, 0.05) is 37.1 Å². The molecule has 1 fully saturated rings. The number of likely N-dealkylation sites (tertiary alicyclic amines) is 1. The van der Waals surface area contributed by atoms with Crippen molar-refractivity contribution in [1.82, 2.24) is 34.2 Å². The van der Waals surface area contributed by atoms with E-state index in [1.54, 1.807) is 28.6 Å². The number of nitrogens with one attached hydrogen (secondary N) is 1. The Bertz CT molecular complexity index is 1610. The van der Waals surface area contributed by atoms with Gasteiger partial charge in [-0.25, -0.2) is 14.6 Å². The highest BCUT2D eigenvalue weighted by Crippen LogP contribution is 2.32. The average Bonchev–Trinajstić information content (AvgIpc) is 3.42. The molecule has 1 saturated heterocycles. The van der Waals surface area contributed by atoms with Crippen molar-refractivity contribution in [3.8, 4) is 11.3 Å². The first kappa shape index (κ1) is 19.5. The third-order valence-electron chi connectivity index (χ3n) is 6.62.